The molecule has 19 heavy (non-hydrogen) atoms. The lowest BCUT2D eigenvalue weighted by molar-refractivity contribution is -0.136. The van der Waals surface area contributed by atoms with Gasteiger partial charge in [0.1, 0.15) is 0 Å². The van der Waals surface area contributed by atoms with Crippen LogP contribution in [-0.4, -0.2) is 25.5 Å². The van der Waals surface area contributed by atoms with Gasteiger partial charge in [0, 0.05) is 6.04 Å². The summed E-state index contributed by atoms with van der Waals surface area (Å²) in [6.07, 6.45) is 3.79. The van der Waals surface area contributed by atoms with Crippen molar-refractivity contribution in [3.63, 3.8) is 0 Å². The summed E-state index contributed by atoms with van der Waals surface area (Å²) in [5, 5.41) is 8.66. The first-order valence-electron chi connectivity index (χ1n) is 6.30. The van der Waals surface area contributed by atoms with E-state index in [1.165, 1.54) is 24.3 Å². The third-order valence-electron chi connectivity index (χ3n) is 3.27. The number of benzene rings is 1. The molecule has 0 atom stereocenters. The second-order valence-corrected chi connectivity index (χ2v) is 6.53. The highest BCUT2D eigenvalue weighted by Gasteiger charge is 2.22. The molecule has 0 spiro atoms. The maximum absolute atomic E-state index is 12.1. The SMILES string of the molecule is O=C(O)Cc1ccc(S(=O)(=O)NC2CCCC2)cc1. The standard InChI is InChI=1S/C13H17NO4S/c15-13(16)9-10-5-7-12(8-6-10)19(17,18)14-11-3-1-2-4-11/h5-8,11,14H,1-4,9H2,(H,15,16). The lowest BCUT2D eigenvalue weighted by Gasteiger charge is -2.12. The lowest BCUT2D eigenvalue weighted by atomic mass is 10.2. The molecule has 1 aromatic carbocycles. The van der Waals surface area contributed by atoms with Gasteiger partial charge < -0.3 is 5.11 Å². The van der Waals surface area contributed by atoms with Crippen molar-refractivity contribution in [1.82, 2.24) is 4.72 Å². The molecule has 1 aromatic rings. The molecule has 0 bridgehead atoms. The maximum Gasteiger partial charge on any atom is 0.307 e. The molecule has 1 saturated carbocycles. The van der Waals surface area contributed by atoms with Gasteiger partial charge in [0.2, 0.25) is 10.0 Å². The molecule has 0 saturated heterocycles. The number of carbonyl (C=O) groups is 1. The van der Waals surface area contributed by atoms with Gasteiger partial charge in [-0.2, -0.15) is 0 Å². The normalized spacial score (nSPS) is 16.6. The Morgan fingerprint density at radius 2 is 1.79 bits per heavy atom. The fraction of sp³-hybridized carbons (Fsp3) is 0.462. The number of aliphatic carboxylic acids is 1. The zero-order valence-corrected chi connectivity index (χ0v) is 11.3. The van der Waals surface area contributed by atoms with Crippen molar-refractivity contribution in [1.29, 1.82) is 0 Å². The van der Waals surface area contributed by atoms with E-state index in [2.05, 4.69) is 4.72 Å². The quantitative estimate of drug-likeness (QED) is 0.858. The van der Waals surface area contributed by atoms with E-state index in [1.54, 1.807) is 0 Å². The Morgan fingerprint density at radius 1 is 1.21 bits per heavy atom. The number of sulfonamides is 1. The van der Waals surface area contributed by atoms with Crippen LogP contribution < -0.4 is 4.72 Å². The van der Waals surface area contributed by atoms with Crippen LogP contribution >= 0.6 is 0 Å². The van der Waals surface area contributed by atoms with E-state index >= 15 is 0 Å². The number of hydrogen-bond acceptors (Lipinski definition) is 3. The third kappa shape index (κ3) is 3.78. The summed E-state index contributed by atoms with van der Waals surface area (Å²) in [5.74, 6) is -0.931. The van der Waals surface area contributed by atoms with Crippen LogP contribution in [0.3, 0.4) is 0 Å². The molecule has 0 heterocycles. The van der Waals surface area contributed by atoms with Gasteiger partial charge >= 0.3 is 5.97 Å². The molecule has 0 unspecified atom stereocenters. The number of nitrogens with one attached hydrogen (secondary N) is 1. The minimum absolute atomic E-state index is 0.0312. The molecule has 5 nitrogen and oxygen atoms in total. The Kier molecular flexibility index (Phi) is 4.21. The van der Waals surface area contributed by atoms with Gasteiger partial charge in [-0.3, -0.25) is 4.79 Å². The van der Waals surface area contributed by atoms with E-state index in [1.807, 2.05) is 0 Å². The second-order valence-electron chi connectivity index (χ2n) is 4.82. The predicted octanol–water partition coefficient (Wildman–Crippen LogP) is 1.53. The first kappa shape index (κ1) is 14.0. The van der Waals surface area contributed by atoms with Crippen molar-refractivity contribution in [3.05, 3.63) is 29.8 Å². The maximum atomic E-state index is 12.1. The number of carboxylic acids is 1. The average Bonchev–Trinajstić information content (AvgIpc) is 2.81. The molecule has 1 aliphatic carbocycles. The van der Waals surface area contributed by atoms with Gasteiger partial charge in [-0.15, -0.1) is 0 Å². The van der Waals surface area contributed by atoms with Crippen LogP contribution in [0.1, 0.15) is 31.2 Å². The summed E-state index contributed by atoms with van der Waals surface area (Å²) < 4.78 is 26.9. The van der Waals surface area contributed by atoms with Crippen LogP contribution in [0.5, 0.6) is 0 Å². The minimum Gasteiger partial charge on any atom is -0.481 e. The fourth-order valence-corrected chi connectivity index (χ4v) is 3.60. The van der Waals surface area contributed by atoms with Crippen LogP contribution in [0, 0.1) is 0 Å². The van der Waals surface area contributed by atoms with Gasteiger partial charge in [-0.25, -0.2) is 13.1 Å². The van der Waals surface area contributed by atoms with E-state index in [4.69, 9.17) is 5.11 Å². The highest BCUT2D eigenvalue weighted by Crippen LogP contribution is 2.20. The zero-order chi connectivity index (χ0) is 13.9. The Labute approximate surface area is 112 Å². The molecular weight excluding hydrogens is 266 g/mol. The highest BCUT2D eigenvalue weighted by atomic mass is 32.2. The van der Waals surface area contributed by atoms with Crippen LogP contribution in [0.2, 0.25) is 0 Å². The fourth-order valence-electron chi connectivity index (χ4n) is 2.29. The summed E-state index contributed by atoms with van der Waals surface area (Å²) in [6, 6.07) is 6.02. The van der Waals surface area contributed by atoms with E-state index < -0.39 is 16.0 Å². The molecule has 6 heteroatoms. The van der Waals surface area contributed by atoms with Crippen molar-refractivity contribution in [2.45, 2.75) is 43.0 Å². The largest absolute Gasteiger partial charge is 0.481 e. The van der Waals surface area contributed by atoms with Gasteiger partial charge in [-0.05, 0) is 30.5 Å². The van der Waals surface area contributed by atoms with E-state index in [0.29, 0.717) is 5.56 Å². The topological polar surface area (TPSA) is 83.5 Å². The van der Waals surface area contributed by atoms with Crippen molar-refractivity contribution in [2.24, 2.45) is 0 Å². The lowest BCUT2D eigenvalue weighted by Crippen LogP contribution is -2.32. The van der Waals surface area contributed by atoms with Crippen molar-refractivity contribution >= 4 is 16.0 Å². The van der Waals surface area contributed by atoms with Crippen LogP contribution in [0.25, 0.3) is 0 Å². The molecule has 0 aliphatic heterocycles. The van der Waals surface area contributed by atoms with Crippen LogP contribution in [0.4, 0.5) is 0 Å². The zero-order valence-electron chi connectivity index (χ0n) is 10.5. The molecule has 104 valence electrons. The highest BCUT2D eigenvalue weighted by molar-refractivity contribution is 7.89. The van der Waals surface area contributed by atoms with Crippen LogP contribution in [0.15, 0.2) is 29.2 Å². The van der Waals surface area contributed by atoms with Crippen molar-refractivity contribution < 1.29 is 18.3 Å². The van der Waals surface area contributed by atoms with Crippen molar-refractivity contribution in [2.75, 3.05) is 0 Å². The third-order valence-corrected chi connectivity index (χ3v) is 4.80. The first-order chi connectivity index (χ1) is 8.97. The summed E-state index contributed by atoms with van der Waals surface area (Å²) in [4.78, 5) is 10.7. The van der Waals surface area contributed by atoms with Crippen molar-refractivity contribution in [3.8, 4) is 0 Å². The van der Waals surface area contributed by atoms with E-state index in [0.717, 1.165) is 25.7 Å². The van der Waals surface area contributed by atoms with Crippen LogP contribution in [-0.2, 0) is 21.2 Å². The average molecular weight is 283 g/mol. The molecule has 1 aliphatic rings. The Bertz CT molecular complexity index is 545. The monoisotopic (exact) mass is 283 g/mol. The van der Waals surface area contributed by atoms with Gasteiger partial charge in [-0.1, -0.05) is 25.0 Å². The molecule has 2 rings (SSSR count). The Hall–Kier alpha value is -1.40. The minimum atomic E-state index is -3.49. The second kappa shape index (κ2) is 5.71. The molecule has 0 radical (unpaired) electrons. The predicted molar refractivity (Wildman–Crippen MR) is 70.4 cm³/mol. The molecule has 2 N–H and O–H groups in total. The first-order valence-corrected chi connectivity index (χ1v) is 7.79. The van der Waals surface area contributed by atoms with E-state index in [9.17, 15) is 13.2 Å². The number of carboxylic acid groups (broad SMARTS) is 1. The van der Waals surface area contributed by atoms with Gasteiger partial charge in [0.25, 0.3) is 0 Å². The Balaban J connectivity index is 2.09. The van der Waals surface area contributed by atoms with E-state index in [-0.39, 0.29) is 17.4 Å². The Morgan fingerprint density at radius 3 is 2.32 bits per heavy atom. The smallest absolute Gasteiger partial charge is 0.307 e. The molecule has 0 aromatic heterocycles. The van der Waals surface area contributed by atoms with Gasteiger partial charge in [0.05, 0.1) is 11.3 Å². The summed E-state index contributed by atoms with van der Waals surface area (Å²) in [7, 11) is -3.49. The summed E-state index contributed by atoms with van der Waals surface area (Å²) in [5.41, 5.74) is 0.590. The summed E-state index contributed by atoms with van der Waals surface area (Å²) >= 11 is 0. The summed E-state index contributed by atoms with van der Waals surface area (Å²) in [6.45, 7) is 0. The van der Waals surface area contributed by atoms with Gasteiger partial charge in [0.15, 0.2) is 0 Å². The number of hydrogen-bond donors (Lipinski definition) is 2. The number of rotatable bonds is 5. The molecular formula is C13H17NO4S. The molecule has 1 fully saturated rings. The molecule has 0 amide bonds.